The first-order valence-electron chi connectivity index (χ1n) is 10.6. The smallest absolute Gasteiger partial charge is 0.282 e. The highest BCUT2D eigenvalue weighted by Crippen LogP contribution is 2.39. The fourth-order valence-electron chi connectivity index (χ4n) is 4.37. The van der Waals surface area contributed by atoms with Crippen LogP contribution >= 0.6 is 0 Å². The van der Waals surface area contributed by atoms with Crippen molar-refractivity contribution in [3.05, 3.63) is 64.9 Å². The first-order chi connectivity index (χ1) is 14.8. The van der Waals surface area contributed by atoms with E-state index in [0.717, 1.165) is 11.1 Å². The summed E-state index contributed by atoms with van der Waals surface area (Å²) in [5.74, 6) is -0.0811. The molecule has 2 heterocycles. The lowest BCUT2D eigenvalue weighted by molar-refractivity contribution is -0.121. The molecule has 6 heteroatoms. The second-order valence-electron chi connectivity index (χ2n) is 8.30. The second-order valence-corrected chi connectivity index (χ2v) is 8.30. The van der Waals surface area contributed by atoms with Crippen LogP contribution in [0.2, 0.25) is 0 Å². The molecule has 0 saturated carbocycles. The third-order valence-corrected chi connectivity index (χ3v) is 5.92. The van der Waals surface area contributed by atoms with Gasteiger partial charge in [-0.1, -0.05) is 24.3 Å². The molecule has 2 aromatic rings. The van der Waals surface area contributed by atoms with Crippen molar-refractivity contribution < 1.29 is 19.1 Å². The van der Waals surface area contributed by atoms with E-state index in [1.165, 1.54) is 4.90 Å². The van der Waals surface area contributed by atoms with E-state index in [2.05, 4.69) is 0 Å². The molecule has 1 fully saturated rings. The number of methoxy groups -OCH3 is 1. The summed E-state index contributed by atoms with van der Waals surface area (Å²) in [6, 6.07) is 13.0. The second kappa shape index (κ2) is 8.19. The highest BCUT2D eigenvalue weighted by Gasteiger charge is 2.44. The highest BCUT2D eigenvalue weighted by molar-refractivity contribution is 6.45. The number of imide groups is 1. The van der Waals surface area contributed by atoms with Crippen molar-refractivity contribution in [2.45, 2.75) is 39.9 Å². The van der Waals surface area contributed by atoms with Crippen LogP contribution in [0.15, 0.2) is 48.2 Å². The Morgan fingerprint density at radius 3 is 2.26 bits per heavy atom. The first-order valence-corrected chi connectivity index (χ1v) is 10.6. The number of benzene rings is 2. The molecule has 2 unspecified atom stereocenters. The molecule has 0 aromatic heterocycles. The zero-order valence-corrected chi connectivity index (χ0v) is 18.6. The Hall–Kier alpha value is -3.12. The maximum Gasteiger partial charge on any atom is 0.282 e. The molecule has 2 amide bonds. The Morgan fingerprint density at radius 1 is 0.935 bits per heavy atom. The number of hydrogen-bond acceptors (Lipinski definition) is 5. The summed E-state index contributed by atoms with van der Waals surface area (Å²) < 4.78 is 11.4. The molecule has 0 aliphatic carbocycles. The third kappa shape index (κ3) is 3.72. The summed E-state index contributed by atoms with van der Waals surface area (Å²) in [5.41, 5.74) is 4.12. The zero-order valence-electron chi connectivity index (χ0n) is 18.6. The maximum atomic E-state index is 13.7. The predicted molar refractivity (Wildman–Crippen MR) is 120 cm³/mol. The van der Waals surface area contributed by atoms with Gasteiger partial charge in [0.05, 0.1) is 30.6 Å². The molecule has 1 saturated heterocycles. The largest absolute Gasteiger partial charge is 0.496 e. The lowest BCUT2D eigenvalue weighted by atomic mass is 10.0. The summed E-state index contributed by atoms with van der Waals surface area (Å²) in [6.07, 6.45) is -0.0949. The SMILES string of the molecule is COc1ccccc1C1=C(N2CC(C)OC(C)C2)C(=O)N(c2ccc(C)c(C)c2)C1=O. The number of amides is 2. The van der Waals surface area contributed by atoms with E-state index < -0.39 is 0 Å². The Balaban J connectivity index is 1.88. The summed E-state index contributed by atoms with van der Waals surface area (Å²) in [4.78, 5) is 30.7. The molecule has 2 aliphatic heterocycles. The Kier molecular flexibility index (Phi) is 5.58. The molecule has 162 valence electrons. The molecular formula is C25H28N2O4. The molecule has 2 atom stereocenters. The topological polar surface area (TPSA) is 59.1 Å². The number of hydrogen-bond donors (Lipinski definition) is 0. The van der Waals surface area contributed by atoms with Crippen LogP contribution in [0.3, 0.4) is 0 Å². The number of carbonyl (C=O) groups is 2. The van der Waals surface area contributed by atoms with Gasteiger partial charge in [0.2, 0.25) is 0 Å². The standard InChI is InChI=1S/C25H28N2O4/c1-15-10-11-19(12-16(15)2)27-24(28)22(20-8-6-7-9-21(20)30-5)23(25(27)29)26-13-17(3)31-18(4)14-26/h6-12,17-18H,13-14H2,1-5H3. The van der Waals surface area contributed by atoms with Crippen molar-refractivity contribution >= 4 is 23.1 Å². The van der Waals surface area contributed by atoms with Crippen LogP contribution in [0.25, 0.3) is 5.57 Å². The van der Waals surface area contributed by atoms with Crippen LogP contribution in [-0.4, -0.2) is 49.1 Å². The van der Waals surface area contributed by atoms with Crippen molar-refractivity contribution in [2.24, 2.45) is 0 Å². The van der Waals surface area contributed by atoms with Gasteiger partial charge in [0.1, 0.15) is 11.4 Å². The van der Waals surface area contributed by atoms with Gasteiger partial charge in [-0.3, -0.25) is 9.59 Å². The zero-order chi connectivity index (χ0) is 22.3. The van der Waals surface area contributed by atoms with Crippen molar-refractivity contribution in [3.63, 3.8) is 0 Å². The molecule has 2 aromatic carbocycles. The van der Waals surface area contributed by atoms with E-state index in [-0.39, 0.29) is 24.0 Å². The van der Waals surface area contributed by atoms with Crippen molar-refractivity contribution in [1.29, 1.82) is 0 Å². The minimum atomic E-state index is -0.334. The number of para-hydroxylation sites is 1. The molecule has 4 rings (SSSR count). The quantitative estimate of drug-likeness (QED) is 0.706. The highest BCUT2D eigenvalue weighted by atomic mass is 16.5. The van der Waals surface area contributed by atoms with Crippen LogP contribution in [0.4, 0.5) is 5.69 Å². The van der Waals surface area contributed by atoms with Gasteiger partial charge in [0.25, 0.3) is 11.8 Å². The van der Waals surface area contributed by atoms with E-state index in [0.29, 0.717) is 41.4 Å². The van der Waals surface area contributed by atoms with Crippen LogP contribution in [0.5, 0.6) is 5.75 Å². The molecule has 0 bridgehead atoms. The number of anilines is 1. The summed E-state index contributed by atoms with van der Waals surface area (Å²) >= 11 is 0. The van der Waals surface area contributed by atoms with E-state index in [1.807, 2.05) is 69.0 Å². The monoisotopic (exact) mass is 420 g/mol. The van der Waals surface area contributed by atoms with Gasteiger partial charge in [-0.15, -0.1) is 0 Å². The molecule has 0 N–H and O–H groups in total. The van der Waals surface area contributed by atoms with Gasteiger partial charge in [-0.05, 0) is 57.0 Å². The third-order valence-electron chi connectivity index (χ3n) is 5.92. The van der Waals surface area contributed by atoms with Gasteiger partial charge in [-0.25, -0.2) is 4.90 Å². The molecule has 31 heavy (non-hydrogen) atoms. The van der Waals surface area contributed by atoms with Crippen LogP contribution in [-0.2, 0) is 14.3 Å². The number of morpholine rings is 1. The van der Waals surface area contributed by atoms with E-state index >= 15 is 0 Å². The molecule has 0 spiro atoms. The number of aryl methyl sites for hydroxylation is 2. The van der Waals surface area contributed by atoms with Gasteiger partial charge >= 0.3 is 0 Å². The Bertz CT molecular complexity index is 1060. The summed E-state index contributed by atoms with van der Waals surface area (Å²) in [7, 11) is 1.57. The van der Waals surface area contributed by atoms with Crippen molar-refractivity contribution in [1.82, 2.24) is 4.90 Å². The summed E-state index contributed by atoms with van der Waals surface area (Å²) in [5, 5.41) is 0. The number of nitrogens with zero attached hydrogens (tertiary/aromatic N) is 2. The Labute approximate surface area is 183 Å². The number of carbonyl (C=O) groups excluding carboxylic acids is 2. The number of rotatable bonds is 4. The average Bonchev–Trinajstić information content (AvgIpc) is 2.99. The van der Waals surface area contributed by atoms with Crippen LogP contribution in [0, 0.1) is 13.8 Å². The lowest BCUT2D eigenvalue weighted by Gasteiger charge is -2.37. The van der Waals surface area contributed by atoms with Gasteiger partial charge < -0.3 is 14.4 Å². The van der Waals surface area contributed by atoms with Crippen LogP contribution < -0.4 is 9.64 Å². The lowest BCUT2D eigenvalue weighted by Crippen LogP contribution is -2.47. The van der Waals surface area contributed by atoms with Crippen molar-refractivity contribution in [3.8, 4) is 5.75 Å². The molecule has 0 radical (unpaired) electrons. The molecular weight excluding hydrogens is 392 g/mol. The fraction of sp³-hybridized carbons (Fsp3) is 0.360. The van der Waals surface area contributed by atoms with E-state index in [9.17, 15) is 9.59 Å². The van der Waals surface area contributed by atoms with Crippen molar-refractivity contribution in [2.75, 3.05) is 25.1 Å². The minimum Gasteiger partial charge on any atom is -0.496 e. The van der Waals surface area contributed by atoms with Crippen LogP contribution in [0.1, 0.15) is 30.5 Å². The fourth-order valence-corrected chi connectivity index (χ4v) is 4.37. The summed E-state index contributed by atoms with van der Waals surface area (Å²) in [6.45, 7) is 9.02. The first kappa shape index (κ1) is 21.1. The van der Waals surface area contributed by atoms with E-state index in [4.69, 9.17) is 9.47 Å². The maximum absolute atomic E-state index is 13.7. The Morgan fingerprint density at radius 2 is 1.61 bits per heavy atom. The normalized spacial score (nSPS) is 21.8. The molecule has 2 aliphatic rings. The molecule has 6 nitrogen and oxygen atoms in total. The predicted octanol–water partition coefficient (Wildman–Crippen LogP) is 3.71. The minimum absolute atomic E-state index is 0.0475. The van der Waals surface area contributed by atoms with E-state index in [1.54, 1.807) is 13.2 Å². The van der Waals surface area contributed by atoms with Gasteiger partial charge in [0.15, 0.2) is 0 Å². The van der Waals surface area contributed by atoms with Gasteiger partial charge in [-0.2, -0.15) is 0 Å². The number of ether oxygens (including phenoxy) is 2. The average molecular weight is 421 g/mol. The van der Waals surface area contributed by atoms with Gasteiger partial charge in [0, 0.05) is 18.7 Å².